The molecule has 0 aromatic carbocycles. The third kappa shape index (κ3) is 8.58. The average molecular weight is 245 g/mol. The van der Waals surface area contributed by atoms with Gasteiger partial charge in [0.1, 0.15) is 0 Å². The molecule has 0 aliphatic rings. The van der Waals surface area contributed by atoms with E-state index >= 15 is 0 Å². The van der Waals surface area contributed by atoms with Crippen LogP contribution in [0.5, 0.6) is 0 Å². The minimum atomic E-state index is -0.426. The van der Waals surface area contributed by atoms with Crippen LogP contribution in [0, 0.1) is 10.8 Å². The first kappa shape index (κ1) is 16.9. The maximum Gasteiger partial charge on any atom is 0.0897 e. The van der Waals surface area contributed by atoms with Crippen LogP contribution in [0.2, 0.25) is 0 Å². The normalized spacial score (nSPS) is 16.9. The third-order valence-corrected chi connectivity index (χ3v) is 2.69. The smallest absolute Gasteiger partial charge is 0.0897 e. The first-order valence-corrected chi connectivity index (χ1v) is 6.50. The summed E-state index contributed by atoms with van der Waals surface area (Å²) >= 11 is 0. The lowest BCUT2D eigenvalue weighted by Gasteiger charge is -2.36. The second-order valence-corrected chi connectivity index (χ2v) is 7.16. The van der Waals surface area contributed by atoms with Crippen molar-refractivity contribution in [1.29, 1.82) is 0 Å². The van der Waals surface area contributed by atoms with Gasteiger partial charge in [0.15, 0.2) is 0 Å². The monoisotopic (exact) mass is 245 g/mol. The van der Waals surface area contributed by atoms with Crippen LogP contribution in [-0.2, 0) is 4.74 Å². The largest absolute Gasteiger partial charge is 0.389 e. The highest BCUT2D eigenvalue weighted by molar-refractivity contribution is 4.80. The molecule has 0 aromatic rings. The quantitative estimate of drug-likeness (QED) is 0.755. The summed E-state index contributed by atoms with van der Waals surface area (Å²) in [6.07, 6.45) is 0.752. The van der Waals surface area contributed by atoms with Crippen molar-refractivity contribution in [3.63, 3.8) is 0 Å². The molecule has 0 heterocycles. The summed E-state index contributed by atoms with van der Waals surface area (Å²) in [5.41, 5.74) is 0.346. The number of ether oxygens (including phenoxy) is 1. The molecule has 0 fully saturated rings. The number of hydrogen-bond donors (Lipinski definition) is 2. The predicted molar refractivity (Wildman–Crippen MR) is 73.2 cm³/mol. The summed E-state index contributed by atoms with van der Waals surface area (Å²) in [6, 6.07) is 0. The molecule has 0 spiro atoms. The van der Waals surface area contributed by atoms with Gasteiger partial charge in [-0.15, -0.1) is 0 Å². The van der Waals surface area contributed by atoms with E-state index in [1.165, 1.54) is 0 Å². The zero-order valence-electron chi connectivity index (χ0n) is 12.6. The van der Waals surface area contributed by atoms with Gasteiger partial charge in [0.05, 0.1) is 18.8 Å². The van der Waals surface area contributed by atoms with Crippen molar-refractivity contribution in [3.05, 3.63) is 0 Å². The number of likely N-dealkylation sites (N-methyl/N-ethyl adjacent to an activating group) is 1. The summed E-state index contributed by atoms with van der Waals surface area (Å²) in [5, 5.41) is 12.6. The Balaban J connectivity index is 4.32. The third-order valence-electron chi connectivity index (χ3n) is 2.69. The van der Waals surface area contributed by atoms with Crippen molar-refractivity contribution in [2.75, 3.05) is 20.2 Å². The molecule has 2 unspecified atom stereocenters. The Morgan fingerprint density at radius 3 is 2.00 bits per heavy atom. The number of aliphatic hydroxyl groups is 1. The lowest BCUT2D eigenvalue weighted by atomic mass is 9.78. The molecule has 3 heteroatoms. The lowest BCUT2D eigenvalue weighted by molar-refractivity contribution is -0.0706. The average Bonchev–Trinajstić information content (AvgIpc) is 2.09. The molecule has 2 atom stereocenters. The molecule has 0 bridgehead atoms. The highest BCUT2D eigenvalue weighted by Gasteiger charge is 2.30. The van der Waals surface area contributed by atoms with E-state index in [0.717, 1.165) is 6.42 Å². The van der Waals surface area contributed by atoms with Crippen LogP contribution < -0.4 is 5.32 Å². The Hall–Kier alpha value is -0.120. The maximum absolute atomic E-state index is 9.67. The molecule has 2 N–H and O–H groups in total. The lowest BCUT2D eigenvalue weighted by Crippen LogP contribution is -2.37. The van der Waals surface area contributed by atoms with Gasteiger partial charge in [0, 0.05) is 6.54 Å². The van der Waals surface area contributed by atoms with E-state index in [2.05, 4.69) is 46.9 Å². The van der Waals surface area contributed by atoms with Crippen molar-refractivity contribution in [2.45, 2.75) is 60.2 Å². The van der Waals surface area contributed by atoms with Crippen LogP contribution in [0.25, 0.3) is 0 Å². The molecular weight excluding hydrogens is 214 g/mol. The predicted octanol–water partition coefficient (Wildman–Crippen LogP) is 2.43. The van der Waals surface area contributed by atoms with Gasteiger partial charge in [-0.25, -0.2) is 0 Å². The zero-order valence-corrected chi connectivity index (χ0v) is 12.6. The fourth-order valence-corrected chi connectivity index (χ4v) is 1.69. The second kappa shape index (κ2) is 6.72. The number of rotatable bonds is 6. The van der Waals surface area contributed by atoms with E-state index in [4.69, 9.17) is 4.74 Å². The summed E-state index contributed by atoms with van der Waals surface area (Å²) in [7, 11) is 1.83. The second-order valence-electron chi connectivity index (χ2n) is 7.16. The number of hydrogen-bond acceptors (Lipinski definition) is 3. The van der Waals surface area contributed by atoms with E-state index in [1.807, 2.05) is 7.05 Å². The maximum atomic E-state index is 9.67. The van der Waals surface area contributed by atoms with E-state index in [1.54, 1.807) is 0 Å². The Kier molecular flexibility index (Phi) is 6.67. The highest BCUT2D eigenvalue weighted by Crippen LogP contribution is 2.32. The van der Waals surface area contributed by atoms with Crippen LogP contribution in [0.3, 0.4) is 0 Å². The van der Waals surface area contributed by atoms with Crippen molar-refractivity contribution in [2.24, 2.45) is 10.8 Å². The fourth-order valence-electron chi connectivity index (χ4n) is 1.69. The van der Waals surface area contributed by atoms with Crippen molar-refractivity contribution in [3.8, 4) is 0 Å². The summed E-state index contributed by atoms with van der Waals surface area (Å²) < 4.78 is 5.91. The van der Waals surface area contributed by atoms with Crippen LogP contribution in [-0.4, -0.2) is 37.5 Å². The Bertz CT molecular complexity index is 203. The zero-order chi connectivity index (χ0) is 13.7. The molecule has 0 saturated heterocycles. The molecule has 0 rings (SSSR count). The van der Waals surface area contributed by atoms with Crippen LogP contribution in [0.15, 0.2) is 0 Å². The Labute approximate surface area is 107 Å². The van der Waals surface area contributed by atoms with E-state index in [-0.39, 0.29) is 16.9 Å². The first-order chi connectivity index (χ1) is 7.56. The van der Waals surface area contributed by atoms with Gasteiger partial charge in [-0.2, -0.15) is 0 Å². The standard InChI is InChI=1S/C14H31NO2/c1-13(2,3)8-12(14(4,5)6)17-10-11(16)9-15-7/h11-12,15-16H,8-10H2,1-7H3. The Morgan fingerprint density at radius 2 is 1.65 bits per heavy atom. The van der Waals surface area contributed by atoms with Crippen molar-refractivity contribution < 1.29 is 9.84 Å². The summed E-state index contributed by atoms with van der Waals surface area (Å²) in [4.78, 5) is 0. The molecule has 3 nitrogen and oxygen atoms in total. The number of nitrogens with one attached hydrogen (secondary N) is 1. The number of aliphatic hydroxyl groups excluding tert-OH is 1. The summed E-state index contributed by atoms with van der Waals surface area (Å²) in [6.45, 7) is 14.2. The molecule has 17 heavy (non-hydrogen) atoms. The van der Waals surface area contributed by atoms with Crippen LogP contribution in [0.1, 0.15) is 48.0 Å². The molecule has 0 radical (unpaired) electrons. The van der Waals surface area contributed by atoms with Gasteiger partial charge in [-0.1, -0.05) is 41.5 Å². The minimum Gasteiger partial charge on any atom is -0.389 e. The van der Waals surface area contributed by atoms with Gasteiger partial charge in [-0.3, -0.25) is 0 Å². The molecular formula is C14H31NO2. The molecule has 104 valence electrons. The van der Waals surface area contributed by atoms with Gasteiger partial charge in [0.2, 0.25) is 0 Å². The Morgan fingerprint density at radius 1 is 1.12 bits per heavy atom. The van der Waals surface area contributed by atoms with Crippen LogP contribution >= 0.6 is 0 Å². The van der Waals surface area contributed by atoms with Crippen molar-refractivity contribution in [1.82, 2.24) is 5.32 Å². The van der Waals surface area contributed by atoms with E-state index in [9.17, 15) is 5.11 Å². The minimum absolute atomic E-state index is 0.104. The van der Waals surface area contributed by atoms with Gasteiger partial charge in [0.25, 0.3) is 0 Å². The molecule has 0 saturated carbocycles. The topological polar surface area (TPSA) is 41.5 Å². The van der Waals surface area contributed by atoms with E-state index < -0.39 is 6.10 Å². The first-order valence-electron chi connectivity index (χ1n) is 6.50. The van der Waals surface area contributed by atoms with Crippen molar-refractivity contribution >= 4 is 0 Å². The van der Waals surface area contributed by atoms with Gasteiger partial charge < -0.3 is 15.2 Å². The van der Waals surface area contributed by atoms with Gasteiger partial charge in [-0.05, 0) is 24.3 Å². The van der Waals surface area contributed by atoms with E-state index in [0.29, 0.717) is 13.2 Å². The van der Waals surface area contributed by atoms with Crippen LogP contribution in [0.4, 0.5) is 0 Å². The molecule has 0 aromatic heterocycles. The molecule has 0 aliphatic heterocycles. The molecule has 0 aliphatic carbocycles. The fraction of sp³-hybridized carbons (Fsp3) is 1.00. The van der Waals surface area contributed by atoms with Gasteiger partial charge >= 0.3 is 0 Å². The highest BCUT2D eigenvalue weighted by atomic mass is 16.5. The molecule has 0 amide bonds. The SMILES string of the molecule is CNCC(O)COC(CC(C)(C)C)C(C)(C)C. The summed E-state index contributed by atoms with van der Waals surface area (Å²) in [5.74, 6) is 0.